The first kappa shape index (κ1) is 17.0. The minimum absolute atomic E-state index is 0.0626. The monoisotopic (exact) mass is 332 g/mol. The standard InChI is InChI=1S/C17H17FN2O2S/c1-23-11-13-3-2-4-14(9-13)17(22)20-19-16(21)10-12-5-7-15(18)8-6-12/h2-9H,10-11H2,1H3,(H,19,21)(H,20,22). The maximum absolute atomic E-state index is 12.8. The highest BCUT2D eigenvalue weighted by Crippen LogP contribution is 2.11. The Labute approximate surface area is 138 Å². The van der Waals surface area contributed by atoms with Crippen LogP contribution in [0.4, 0.5) is 4.39 Å². The van der Waals surface area contributed by atoms with Crippen molar-refractivity contribution in [1.29, 1.82) is 0 Å². The van der Waals surface area contributed by atoms with Gasteiger partial charge in [-0.25, -0.2) is 4.39 Å². The van der Waals surface area contributed by atoms with Crippen LogP contribution in [0.2, 0.25) is 0 Å². The van der Waals surface area contributed by atoms with Crippen LogP contribution in [0, 0.1) is 5.82 Å². The summed E-state index contributed by atoms with van der Waals surface area (Å²) in [6, 6.07) is 12.9. The van der Waals surface area contributed by atoms with Crippen molar-refractivity contribution in [3.8, 4) is 0 Å². The van der Waals surface area contributed by atoms with E-state index < -0.39 is 0 Å². The molecule has 0 bridgehead atoms. The van der Waals surface area contributed by atoms with E-state index in [1.165, 1.54) is 24.3 Å². The summed E-state index contributed by atoms with van der Waals surface area (Å²) in [5.74, 6) is -0.281. The highest BCUT2D eigenvalue weighted by molar-refractivity contribution is 7.97. The van der Waals surface area contributed by atoms with E-state index in [1.54, 1.807) is 30.0 Å². The van der Waals surface area contributed by atoms with Crippen molar-refractivity contribution in [3.63, 3.8) is 0 Å². The van der Waals surface area contributed by atoms with Crippen molar-refractivity contribution in [2.45, 2.75) is 12.2 Å². The van der Waals surface area contributed by atoms with Gasteiger partial charge in [-0.2, -0.15) is 11.8 Å². The van der Waals surface area contributed by atoms with Crippen LogP contribution in [-0.2, 0) is 17.0 Å². The van der Waals surface area contributed by atoms with Gasteiger partial charge in [0, 0.05) is 11.3 Å². The van der Waals surface area contributed by atoms with Gasteiger partial charge in [-0.3, -0.25) is 20.4 Å². The zero-order valence-corrected chi connectivity index (χ0v) is 13.5. The lowest BCUT2D eigenvalue weighted by atomic mass is 10.1. The molecule has 0 radical (unpaired) electrons. The highest BCUT2D eigenvalue weighted by Gasteiger charge is 2.08. The number of benzene rings is 2. The molecule has 2 aromatic rings. The van der Waals surface area contributed by atoms with E-state index in [1.807, 2.05) is 12.3 Å². The van der Waals surface area contributed by atoms with Crippen LogP contribution in [0.1, 0.15) is 21.5 Å². The maximum Gasteiger partial charge on any atom is 0.269 e. The summed E-state index contributed by atoms with van der Waals surface area (Å²) < 4.78 is 12.8. The van der Waals surface area contributed by atoms with Gasteiger partial charge in [-0.1, -0.05) is 24.3 Å². The van der Waals surface area contributed by atoms with Gasteiger partial charge in [0.15, 0.2) is 0 Å². The van der Waals surface area contributed by atoms with E-state index in [0.717, 1.165) is 11.3 Å². The molecule has 0 aliphatic rings. The first-order valence-corrected chi connectivity index (χ1v) is 8.39. The molecule has 6 heteroatoms. The average molecular weight is 332 g/mol. The average Bonchev–Trinajstić information content (AvgIpc) is 2.55. The number of hydrogen-bond acceptors (Lipinski definition) is 3. The van der Waals surface area contributed by atoms with E-state index in [4.69, 9.17) is 0 Å². The third kappa shape index (κ3) is 5.41. The number of halogens is 1. The van der Waals surface area contributed by atoms with Crippen LogP contribution in [-0.4, -0.2) is 18.1 Å². The smallest absolute Gasteiger partial charge is 0.269 e. The molecular formula is C17H17FN2O2S. The minimum atomic E-state index is -0.375. The first-order chi connectivity index (χ1) is 11.1. The predicted octanol–water partition coefficient (Wildman–Crippen LogP) is 2.69. The molecule has 0 heterocycles. The van der Waals surface area contributed by atoms with Crippen LogP contribution in [0.15, 0.2) is 48.5 Å². The van der Waals surface area contributed by atoms with Crippen LogP contribution < -0.4 is 10.9 Å². The molecule has 0 spiro atoms. The van der Waals surface area contributed by atoms with Gasteiger partial charge < -0.3 is 0 Å². The Bertz CT molecular complexity index is 689. The molecule has 120 valence electrons. The fourth-order valence-electron chi connectivity index (χ4n) is 2.00. The number of hydrazine groups is 1. The van der Waals surface area contributed by atoms with Gasteiger partial charge in [-0.15, -0.1) is 0 Å². The van der Waals surface area contributed by atoms with Gasteiger partial charge in [-0.05, 0) is 41.6 Å². The van der Waals surface area contributed by atoms with Crippen LogP contribution >= 0.6 is 11.8 Å². The van der Waals surface area contributed by atoms with Crippen LogP contribution in [0.25, 0.3) is 0 Å². The van der Waals surface area contributed by atoms with Crippen molar-refractivity contribution >= 4 is 23.6 Å². The van der Waals surface area contributed by atoms with Crippen molar-refractivity contribution < 1.29 is 14.0 Å². The molecule has 0 unspecified atom stereocenters. The molecular weight excluding hydrogens is 315 g/mol. The van der Waals surface area contributed by atoms with E-state index >= 15 is 0 Å². The van der Waals surface area contributed by atoms with Crippen molar-refractivity contribution in [1.82, 2.24) is 10.9 Å². The molecule has 0 aliphatic carbocycles. The number of nitrogens with one attached hydrogen (secondary N) is 2. The summed E-state index contributed by atoms with van der Waals surface area (Å²) in [4.78, 5) is 23.8. The molecule has 0 saturated carbocycles. The van der Waals surface area contributed by atoms with Gasteiger partial charge in [0.05, 0.1) is 6.42 Å². The zero-order valence-electron chi connectivity index (χ0n) is 12.6. The number of rotatable bonds is 5. The summed E-state index contributed by atoms with van der Waals surface area (Å²) in [5, 5.41) is 0. The van der Waals surface area contributed by atoms with Crippen molar-refractivity contribution in [2.24, 2.45) is 0 Å². The summed E-state index contributed by atoms with van der Waals surface area (Å²) in [6.07, 6.45) is 2.05. The van der Waals surface area contributed by atoms with Crippen LogP contribution in [0.3, 0.4) is 0 Å². The second-order valence-corrected chi connectivity index (χ2v) is 5.80. The van der Waals surface area contributed by atoms with E-state index in [-0.39, 0.29) is 24.1 Å². The predicted molar refractivity (Wildman–Crippen MR) is 89.4 cm³/mol. The Kier molecular flexibility index (Phi) is 6.17. The summed E-state index contributed by atoms with van der Waals surface area (Å²) in [5.41, 5.74) is 6.93. The molecule has 2 rings (SSSR count). The first-order valence-electron chi connectivity index (χ1n) is 7.00. The second kappa shape index (κ2) is 8.33. The van der Waals surface area contributed by atoms with Crippen molar-refractivity contribution in [3.05, 3.63) is 71.0 Å². The Balaban J connectivity index is 1.87. The van der Waals surface area contributed by atoms with E-state index in [2.05, 4.69) is 10.9 Å². The third-order valence-corrected chi connectivity index (χ3v) is 3.72. The molecule has 4 nitrogen and oxygen atoms in total. The minimum Gasteiger partial charge on any atom is -0.273 e. The normalized spacial score (nSPS) is 10.2. The summed E-state index contributed by atoms with van der Waals surface area (Å²) >= 11 is 1.67. The highest BCUT2D eigenvalue weighted by atomic mass is 32.2. The van der Waals surface area contributed by atoms with Crippen molar-refractivity contribution in [2.75, 3.05) is 6.26 Å². The second-order valence-electron chi connectivity index (χ2n) is 4.94. The summed E-state index contributed by atoms with van der Waals surface area (Å²) in [7, 11) is 0. The largest absolute Gasteiger partial charge is 0.273 e. The zero-order chi connectivity index (χ0) is 16.7. The van der Waals surface area contributed by atoms with Gasteiger partial charge in [0.25, 0.3) is 5.91 Å². The molecule has 2 amide bonds. The lowest BCUT2D eigenvalue weighted by Crippen LogP contribution is -2.42. The van der Waals surface area contributed by atoms with Gasteiger partial charge in [0.1, 0.15) is 5.82 Å². The topological polar surface area (TPSA) is 58.2 Å². The Hall–Kier alpha value is -2.34. The molecule has 0 atom stereocenters. The van der Waals surface area contributed by atoms with E-state index in [9.17, 15) is 14.0 Å². The maximum atomic E-state index is 12.8. The Morgan fingerprint density at radius 1 is 1.04 bits per heavy atom. The lowest BCUT2D eigenvalue weighted by Gasteiger charge is -2.08. The quantitative estimate of drug-likeness (QED) is 0.828. The molecule has 0 aliphatic heterocycles. The number of carbonyl (C=O) groups excluding carboxylic acids is 2. The number of hydrogen-bond donors (Lipinski definition) is 2. The third-order valence-electron chi connectivity index (χ3n) is 3.09. The molecule has 23 heavy (non-hydrogen) atoms. The number of thioether (sulfide) groups is 1. The molecule has 0 aromatic heterocycles. The van der Waals surface area contributed by atoms with E-state index in [0.29, 0.717) is 11.1 Å². The number of carbonyl (C=O) groups is 2. The lowest BCUT2D eigenvalue weighted by molar-refractivity contribution is -0.121. The van der Waals surface area contributed by atoms with Gasteiger partial charge >= 0.3 is 0 Å². The number of amides is 2. The fraction of sp³-hybridized carbons (Fsp3) is 0.176. The Morgan fingerprint density at radius 3 is 2.48 bits per heavy atom. The SMILES string of the molecule is CSCc1cccc(C(=O)NNC(=O)Cc2ccc(F)cc2)c1. The Morgan fingerprint density at radius 2 is 1.78 bits per heavy atom. The summed E-state index contributed by atoms with van der Waals surface area (Å²) in [6.45, 7) is 0. The molecule has 2 aromatic carbocycles. The fourth-order valence-corrected chi connectivity index (χ4v) is 2.51. The van der Waals surface area contributed by atoms with Gasteiger partial charge in [0.2, 0.25) is 5.91 Å². The molecule has 0 saturated heterocycles. The van der Waals surface area contributed by atoms with Crippen LogP contribution in [0.5, 0.6) is 0 Å². The molecule has 2 N–H and O–H groups in total. The molecule has 0 fully saturated rings.